The van der Waals surface area contributed by atoms with Crippen LogP contribution in [-0.2, 0) is 32.3 Å². The van der Waals surface area contributed by atoms with E-state index >= 15 is 0 Å². The number of carbonyl (C=O) groups is 2. The summed E-state index contributed by atoms with van der Waals surface area (Å²) in [7, 11) is -3.47. The van der Waals surface area contributed by atoms with Crippen LogP contribution in [0.4, 0.5) is 0 Å². The predicted molar refractivity (Wildman–Crippen MR) is 127 cm³/mol. The summed E-state index contributed by atoms with van der Waals surface area (Å²) in [6.07, 6.45) is 1.29. The Balaban J connectivity index is 1.18. The molecule has 0 saturated carbocycles. The van der Waals surface area contributed by atoms with E-state index in [1.54, 1.807) is 24.3 Å². The van der Waals surface area contributed by atoms with Crippen LogP contribution >= 0.6 is 0 Å². The molecule has 35 heavy (non-hydrogen) atoms. The van der Waals surface area contributed by atoms with E-state index in [9.17, 15) is 23.1 Å². The second kappa shape index (κ2) is 9.37. The van der Waals surface area contributed by atoms with Crippen molar-refractivity contribution in [3.8, 4) is 0 Å². The molecule has 5 rings (SSSR count). The Labute approximate surface area is 204 Å². The first-order chi connectivity index (χ1) is 16.7. The van der Waals surface area contributed by atoms with Crippen LogP contribution in [0.5, 0.6) is 0 Å². The highest BCUT2D eigenvalue weighted by atomic mass is 32.2. The second-order valence-electron chi connectivity index (χ2n) is 9.63. The van der Waals surface area contributed by atoms with E-state index in [0.29, 0.717) is 37.2 Å². The number of hydrogen-bond acceptors (Lipinski definition) is 8. The first-order valence-electron chi connectivity index (χ1n) is 12.0. The van der Waals surface area contributed by atoms with Crippen molar-refractivity contribution in [3.63, 3.8) is 0 Å². The molecule has 0 spiro atoms. The molecule has 9 heteroatoms. The summed E-state index contributed by atoms with van der Waals surface area (Å²) in [6.45, 7) is 4.29. The maximum absolute atomic E-state index is 13.1. The van der Waals surface area contributed by atoms with Crippen LogP contribution < -0.4 is 0 Å². The Morgan fingerprint density at radius 1 is 1.06 bits per heavy atom. The number of aliphatic hydroxyl groups is 1. The summed E-state index contributed by atoms with van der Waals surface area (Å²) < 4.78 is 36.2. The van der Waals surface area contributed by atoms with Gasteiger partial charge in [-0.15, -0.1) is 0 Å². The molecule has 0 amide bonds. The molecule has 0 aliphatic carbocycles. The van der Waals surface area contributed by atoms with E-state index in [4.69, 9.17) is 9.47 Å². The zero-order chi connectivity index (χ0) is 24.7. The number of esters is 2. The number of carbonyl (C=O) groups excluding carboxylic acids is 2. The predicted octanol–water partition coefficient (Wildman–Crippen LogP) is 2.60. The molecule has 0 unspecified atom stereocenters. The van der Waals surface area contributed by atoms with Gasteiger partial charge in [0.05, 0.1) is 34.5 Å². The molecule has 2 aromatic rings. The normalized spacial score (nSPS) is 19.6. The fourth-order valence-corrected chi connectivity index (χ4v) is 7.06. The Hall–Kier alpha value is -2.75. The Morgan fingerprint density at radius 2 is 1.77 bits per heavy atom. The number of nitrogens with zero attached hydrogens (tertiary/aromatic N) is 1. The summed E-state index contributed by atoms with van der Waals surface area (Å²) in [5.74, 6) is -0.607. The summed E-state index contributed by atoms with van der Waals surface area (Å²) >= 11 is 0. The molecule has 0 bridgehead atoms. The van der Waals surface area contributed by atoms with Gasteiger partial charge in [0, 0.05) is 18.5 Å². The number of fused-ring (bicyclic) bond motifs is 2. The van der Waals surface area contributed by atoms with Gasteiger partial charge in [-0.25, -0.2) is 18.0 Å². The van der Waals surface area contributed by atoms with Gasteiger partial charge in [-0.2, -0.15) is 0 Å². The van der Waals surface area contributed by atoms with Crippen LogP contribution in [0, 0.1) is 12.8 Å². The molecular formula is C26H29NO7S. The minimum atomic E-state index is -3.47. The Kier molecular flexibility index (Phi) is 6.41. The maximum atomic E-state index is 13.1. The number of cyclic esters (lactones) is 2. The standard InChI is InChI=1S/C26H29NO7S/c1-16-20(4-5-22-23(16)14-34-26(22)30)24(28)13-27-9-6-17(7-10-27)15-35(31,32)19-2-3-21-18(12-19)8-11-33-25(21)29/h2-5,12,17,24,28H,6-11,13-15H2,1H3/t24-/m0/s1. The van der Waals surface area contributed by atoms with Crippen molar-refractivity contribution in [3.05, 3.63) is 63.7 Å². The minimum Gasteiger partial charge on any atom is -0.462 e. The summed E-state index contributed by atoms with van der Waals surface area (Å²) in [4.78, 5) is 26.0. The second-order valence-corrected chi connectivity index (χ2v) is 11.7. The van der Waals surface area contributed by atoms with Gasteiger partial charge in [-0.1, -0.05) is 6.07 Å². The largest absolute Gasteiger partial charge is 0.462 e. The number of likely N-dealkylation sites (tertiary alicyclic amines) is 1. The first-order valence-corrected chi connectivity index (χ1v) is 13.6. The number of rotatable bonds is 6. The lowest BCUT2D eigenvalue weighted by atomic mass is 9.94. The number of aliphatic hydroxyl groups excluding tert-OH is 1. The van der Waals surface area contributed by atoms with Crippen LogP contribution in [0.1, 0.15) is 61.9 Å². The molecule has 1 N–H and O–H groups in total. The molecule has 1 saturated heterocycles. The average molecular weight is 500 g/mol. The van der Waals surface area contributed by atoms with Gasteiger partial charge < -0.3 is 19.5 Å². The molecule has 1 fully saturated rings. The van der Waals surface area contributed by atoms with Crippen LogP contribution in [0.25, 0.3) is 0 Å². The maximum Gasteiger partial charge on any atom is 0.338 e. The van der Waals surface area contributed by atoms with Gasteiger partial charge in [-0.3, -0.25) is 0 Å². The lowest BCUT2D eigenvalue weighted by molar-refractivity contribution is 0.0478. The van der Waals surface area contributed by atoms with Crippen molar-refractivity contribution in [2.45, 2.75) is 43.8 Å². The highest BCUT2D eigenvalue weighted by Gasteiger charge is 2.30. The number of hydrogen-bond donors (Lipinski definition) is 1. The topological polar surface area (TPSA) is 110 Å². The number of piperidine rings is 1. The van der Waals surface area contributed by atoms with Gasteiger partial charge in [0.2, 0.25) is 0 Å². The highest BCUT2D eigenvalue weighted by Crippen LogP contribution is 2.31. The van der Waals surface area contributed by atoms with Crippen molar-refractivity contribution in [1.82, 2.24) is 4.90 Å². The lowest BCUT2D eigenvalue weighted by Crippen LogP contribution is -2.38. The fraction of sp³-hybridized carbons (Fsp3) is 0.462. The summed E-state index contributed by atoms with van der Waals surface area (Å²) in [6, 6.07) is 8.19. The molecule has 0 radical (unpaired) electrons. The number of ether oxygens (including phenoxy) is 2. The minimum absolute atomic E-state index is 0.0410. The van der Waals surface area contributed by atoms with Crippen molar-refractivity contribution in [2.75, 3.05) is 32.0 Å². The van der Waals surface area contributed by atoms with E-state index in [-0.39, 0.29) is 35.7 Å². The number of benzene rings is 2. The van der Waals surface area contributed by atoms with Crippen LogP contribution in [-0.4, -0.2) is 62.4 Å². The third-order valence-electron chi connectivity index (χ3n) is 7.42. The van der Waals surface area contributed by atoms with Crippen molar-refractivity contribution < 1.29 is 32.6 Å². The Bertz CT molecular complexity index is 1280. The van der Waals surface area contributed by atoms with Crippen LogP contribution in [0.3, 0.4) is 0 Å². The highest BCUT2D eigenvalue weighted by molar-refractivity contribution is 7.91. The molecule has 3 aliphatic heterocycles. The summed E-state index contributed by atoms with van der Waals surface area (Å²) in [5.41, 5.74) is 4.26. The molecule has 3 aliphatic rings. The molecular weight excluding hydrogens is 470 g/mol. The SMILES string of the molecule is Cc1c([C@@H](O)CN2CCC(CS(=O)(=O)c3ccc4c(c3)CCOC4=O)CC2)ccc2c1COC2=O. The smallest absolute Gasteiger partial charge is 0.338 e. The zero-order valence-electron chi connectivity index (χ0n) is 19.7. The quantitative estimate of drug-likeness (QED) is 0.604. The van der Waals surface area contributed by atoms with E-state index < -0.39 is 21.9 Å². The first kappa shape index (κ1) is 24.0. The van der Waals surface area contributed by atoms with Crippen molar-refractivity contribution >= 4 is 21.8 Å². The average Bonchev–Trinajstić information content (AvgIpc) is 3.22. The lowest BCUT2D eigenvalue weighted by Gasteiger charge is -2.33. The molecule has 0 aromatic heterocycles. The van der Waals surface area contributed by atoms with Gasteiger partial charge in [-0.05, 0) is 79.7 Å². The van der Waals surface area contributed by atoms with E-state index in [2.05, 4.69) is 4.90 Å². The van der Waals surface area contributed by atoms with Gasteiger partial charge in [0.1, 0.15) is 6.61 Å². The summed E-state index contributed by atoms with van der Waals surface area (Å²) in [5, 5.41) is 10.9. The van der Waals surface area contributed by atoms with E-state index in [1.165, 1.54) is 6.07 Å². The number of β-amino-alcohol motifs (C(OH)–C–C–N with tert-alkyl or cyclic N) is 1. The van der Waals surface area contributed by atoms with Crippen molar-refractivity contribution in [2.24, 2.45) is 5.92 Å². The van der Waals surface area contributed by atoms with Crippen molar-refractivity contribution in [1.29, 1.82) is 0 Å². The van der Waals surface area contributed by atoms with Gasteiger partial charge >= 0.3 is 11.9 Å². The van der Waals surface area contributed by atoms with E-state index in [1.807, 2.05) is 6.92 Å². The third-order valence-corrected chi connectivity index (χ3v) is 9.30. The van der Waals surface area contributed by atoms with Gasteiger partial charge in [0.15, 0.2) is 9.84 Å². The monoisotopic (exact) mass is 499 g/mol. The zero-order valence-corrected chi connectivity index (χ0v) is 20.5. The molecule has 186 valence electrons. The number of sulfone groups is 1. The van der Waals surface area contributed by atoms with Gasteiger partial charge in [0.25, 0.3) is 0 Å². The van der Waals surface area contributed by atoms with Crippen LogP contribution in [0.15, 0.2) is 35.2 Å². The Morgan fingerprint density at radius 3 is 2.54 bits per heavy atom. The molecule has 1 atom stereocenters. The molecule has 3 heterocycles. The third kappa shape index (κ3) is 4.72. The molecule has 8 nitrogen and oxygen atoms in total. The van der Waals surface area contributed by atoms with E-state index in [0.717, 1.165) is 35.1 Å². The molecule has 2 aromatic carbocycles. The van der Waals surface area contributed by atoms with Crippen LogP contribution in [0.2, 0.25) is 0 Å². The fourth-order valence-electron chi connectivity index (χ4n) is 5.31.